The average molecular weight is 398 g/mol. The van der Waals surface area contributed by atoms with Crippen molar-refractivity contribution in [3.63, 3.8) is 0 Å². The molecule has 8 nitrogen and oxygen atoms in total. The van der Waals surface area contributed by atoms with Crippen LogP contribution in [0, 0.1) is 0 Å². The van der Waals surface area contributed by atoms with Gasteiger partial charge in [-0.2, -0.15) is 5.10 Å². The molecule has 2 aromatic rings. The first-order valence-electron chi connectivity index (χ1n) is 8.35. The molecule has 0 unspecified atom stereocenters. The molecule has 1 fully saturated rings. The molecular formula is C19H18N4O4S. The van der Waals surface area contributed by atoms with E-state index in [2.05, 4.69) is 20.8 Å². The van der Waals surface area contributed by atoms with Crippen molar-refractivity contribution < 1.29 is 19.4 Å². The van der Waals surface area contributed by atoms with E-state index in [1.54, 1.807) is 42.5 Å². The molecule has 0 aromatic heterocycles. The number of phenolic OH excluding ortho intramolecular Hbond substituents is 1. The lowest BCUT2D eigenvalue weighted by atomic mass is 10.2. The summed E-state index contributed by atoms with van der Waals surface area (Å²) in [6, 6.07) is 13.6. The van der Waals surface area contributed by atoms with Crippen LogP contribution in [-0.2, 0) is 9.59 Å². The maximum absolute atomic E-state index is 12.3. The number of phenols is 1. The van der Waals surface area contributed by atoms with Gasteiger partial charge in [-0.25, -0.2) is 0 Å². The fraction of sp³-hybridized carbons (Fsp3) is 0.158. The van der Waals surface area contributed by atoms with Crippen molar-refractivity contribution in [1.82, 2.24) is 5.32 Å². The standard InChI is InChI=1S/C19H18N4O4S/c1-27-15-8-3-2-7-14(15)21-17(25)10-16-18(26)22-19(28-16)23-20-11-12-5-4-6-13(24)9-12/h2-9,11,16,24H,10H2,1H3,(H,21,25)(H,22,23,26)/b20-11-/t16-/m1/s1. The molecule has 144 valence electrons. The molecule has 9 heteroatoms. The first-order valence-corrected chi connectivity index (χ1v) is 9.23. The van der Waals surface area contributed by atoms with Gasteiger partial charge < -0.3 is 20.5 Å². The van der Waals surface area contributed by atoms with Crippen molar-refractivity contribution in [3.05, 3.63) is 54.1 Å². The highest BCUT2D eigenvalue weighted by Crippen LogP contribution is 2.26. The molecule has 28 heavy (non-hydrogen) atoms. The summed E-state index contributed by atoms with van der Waals surface area (Å²) in [5, 5.41) is 22.3. The van der Waals surface area contributed by atoms with Gasteiger partial charge in [-0.15, -0.1) is 5.10 Å². The van der Waals surface area contributed by atoms with Gasteiger partial charge in [0.25, 0.3) is 0 Å². The smallest absolute Gasteiger partial charge is 0.240 e. The Balaban J connectivity index is 1.57. The van der Waals surface area contributed by atoms with E-state index in [4.69, 9.17) is 4.74 Å². The molecule has 0 aliphatic carbocycles. The maximum Gasteiger partial charge on any atom is 0.240 e. The number of carbonyl (C=O) groups excluding carboxylic acids is 2. The second-order valence-corrected chi connectivity index (χ2v) is 6.98. The molecule has 2 aromatic carbocycles. The summed E-state index contributed by atoms with van der Waals surface area (Å²) in [5.41, 5.74) is 1.22. The zero-order valence-electron chi connectivity index (χ0n) is 15.0. The van der Waals surface area contributed by atoms with Crippen LogP contribution in [0.2, 0.25) is 0 Å². The zero-order chi connectivity index (χ0) is 19.9. The topological polar surface area (TPSA) is 112 Å². The van der Waals surface area contributed by atoms with Crippen LogP contribution in [0.5, 0.6) is 11.5 Å². The Hall–Kier alpha value is -3.33. The summed E-state index contributed by atoms with van der Waals surface area (Å²) in [6.45, 7) is 0. The molecule has 0 spiro atoms. The third kappa shape index (κ3) is 5.10. The van der Waals surface area contributed by atoms with Crippen LogP contribution in [0.4, 0.5) is 5.69 Å². The lowest BCUT2D eigenvalue weighted by Crippen LogP contribution is -2.28. The Labute approximate surface area is 165 Å². The number of amides is 2. The number of anilines is 1. The average Bonchev–Trinajstić information content (AvgIpc) is 3.01. The number of hydrogen-bond donors (Lipinski definition) is 3. The number of benzene rings is 2. The van der Waals surface area contributed by atoms with Crippen LogP contribution >= 0.6 is 11.8 Å². The van der Waals surface area contributed by atoms with Gasteiger partial charge in [-0.3, -0.25) is 9.59 Å². The molecule has 1 aliphatic heterocycles. The lowest BCUT2D eigenvalue weighted by Gasteiger charge is -2.10. The fourth-order valence-electron chi connectivity index (χ4n) is 2.46. The molecule has 2 amide bonds. The second kappa shape index (κ2) is 9.05. The molecule has 0 saturated carbocycles. The number of hydrogen-bond acceptors (Lipinski definition) is 7. The number of amidine groups is 1. The van der Waals surface area contributed by atoms with Gasteiger partial charge in [0.2, 0.25) is 11.8 Å². The molecule has 3 N–H and O–H groups in total. The highest BCUT2D eigenvalue weighted by Gasteiger charge is 2.32. The van der Waals surface area contributed by atoms with Crippen molar-refractivity contribution >= 4 is 40.6 Å². The summed E-state index contributed by atoms with van der Waals surface area (Å²) in [6.07, 6.45) is 1.45. The molecule has 0 radical (unpaired) electrons. The number of nitrogens with zero attached hydrogens (tertiary/aromatic N) is 2. The highest BCUT2D eigenvalue weighted by molar-refractivity contribution is 8.15. The third-order valence-electron chi connectivity index (χ3n) is 3.75. The monoisotopic (exact) mass is 398 g/mol. The number of methoxy groups -OCH3 is 1. The van der Waals surface area contributed by atoms with Crippen molar-refractivity contribution in [2.24, 2.45) is 10.2 Å². The highest BCUT2D eigenvalue weighted by atomic mass is 32.2. The molecule has 0 bridgehead atoms. The number of carbonyl (C=O) groups is 2. The van der Waals surface area contributed by atoms with Crippen LogP contribution in [0.1, 0.15) is 12.0 Å². The summed E-state index contributed by atoms with van der Waals surface area (Å²) in [5.74, 6) is 0.0670. The van der Waals surface area contributed by atoms with E-state index < -0.39 is 5.25 Å². The number of para-hydroxylation sites is 2. The van der Waals surface area contributed by atoms with Gasteiger partial charge in [0.05, 0.1) is 19.0 Å². The fourth-order valence-corrected chi connectivity index (χ4v) is 3.38. The number of rotatable bonds is 6. The summed E-state index contributed by atoms with van der Waals surface area (Å²) in [4.78, 5) is 24.3. The van der Waals surface area contributed by atoms with Crippen molar-refractivity contribution in [1.29, 1.82) is 0 Å². The van der Waals surface area contributed by atoms with E-state index in [9.17, 15) is 14.7 Å². The number of ether oxygens (including phenoxy) is 1. The van der Waals surface area contributed by atoms with E-state index in [1.165, 1.54) is 19.4 Å². The molecule has 1 atom stereocenters. The Bertz CT molecular complexity index is 945. The van der Waals surface area contributed by atoms with Gasteiger partial charge in [-0.05, 0) is 29.8 Å². The van der Waals surface area contributed by atoms with Gasteiger partial charge in [0, 0.05) is 6.42 Å². The van der Waals surface area contributed by atoms with Gasteiger partial charge in [-0.1, -0.05) is 36.0 Å². The predicted octanol–water partition coefficient (Wildman–Crippen LogP) is 2.35. The molecule has 1 heterocycles. The Morgan fingerprint density at radius 1 is 1.32 bits per heavy atom. The van der Waals surface area contributed by atoms with Crippen LogP contribution < -0.4 is 15.4 Å². The SMILES string of the molecule is COc1ccccc1NC(=O)C[C@H]1S/C(=N/N=C\c2cccc(O)c2)NC1=O. The van der Waals surface area contributed by atoms with E-state index in [-0.39, 0.29) is 24.0 Å². The van der Waals surface area contributed by atoms with Gasteiger partial charge in [0.1, 0.15) is 16.7 Å². The minimum absolute atomic E-state index is 0.0101. The number of nitrogens with one attached hydrogen (secondary N) is 2. The molecule has 3 rings (SSSR count). The van der Waals surface area contributed by atoms with Gasteiger partial charge >= 0.3 is 0 Å². The minimum atomic E-state index is -0.593. The summed E-state index contributed by atoms with van der Waals surface area (Å²) < 4.78 is 5.19. The van der Waals surface area contributed by atoms with E-state index in [1.807, 2.05) is 0 Å². The van der Waals surface area contributed by atoms with E-state index >= 15 is 0 Å². The Morgan fingerprint density at radius 3 is 2.93 bits per heavy atom. The molecule has 1 saturated heterocycles. The van der Waals surface area contributed by atoms with E-state index in [0.717, 1.165) is 11.8 Å². The van der Waals surface area contributed by atoms with Gasteiger partial charge in [0.15, 0.2) is 5.17 Å². The van der Waals surface area contributed by atoms with Crippen LogP contribution in [0.25, 0.3) is 0 Å². The lowest BCUT2D eigenvalue weighted by molar-refractivity contribution is -0.122. The minimum Gasteiger partial charge on any atom is -0.508 e. The largest absolute Gasteiger partial charge is 0.508 e. The van der Waals surface area contributed by atoms with Crippen LogP contribution in [0.15, 0.2) is 58.7 Å². The van der Waals surface area contributed by atoms with Crippen LogP contribution in [-0.4, -0.2) is 40.7 Å². The zero-order valence-corrected chi connectivity index (χ0v) is 15.8. The van der Waals surface area contributed by atoms with Crippen LogP contribution in [0.3, 0.4) is 0 Å². The first kappa shape index (κ1) is 19.4. The quantitative estimate of drug-likeness (QED) is 0.511. The second-order valence-electron chi connectivity index (χ2n) is 5.79. The number of thioether (sulfide) groups is 1. The maximum atomic E-state index is 12.3. The molecule has 1 aliphatic rings. The van der Waals surface area contributed by atoms with Crippen molar-refractivity contribution in [2.45, 2.75) is 11.7 Å². The normalized spacial score (nSPS) is 17.7. The first-order chi connectivity index (χ1) is 13.5. The summed E-state index contributed by atoms with van der Waals surface area (Å²) in [7, 11) is 1.52. The number of aromatic hydroxyl groups is 1. The molecular weight excluding hydrogens is 380 g/mol. The Morgan fingerprint density at radius 2 is 2.14 bits per heavy atom. The van der Waals surface area contributed by atoms with E-state index in [0.29, 0.717) is 22.2 Å². The third-order valence-corrected chi connectivity index (χ3v) is 4.83. The Kier molecular flexibility index (Phi) is 6.28. The van der Waals surface area contributed by atoms with Crippen molar-refractivity contribution in [3.8, 4) is 11.5 Å². The van der Waals surface area contributed by atoms with Crippen molar-refractivity contribution in [2.75, 3.05) is 12.4 Å². The summed E-state index contributed by atoms with van der Waals surface area (Å²) >= 11 is 1.14. The predicted molar refractivity (Wildman–Crippen MR) is 109 cm³/mol.